The van der Waals surface area contributed by atoms with Crippen LogP contribution >= 0.6 is 0 Å². The standard InChI is InChI=1S/C22H29FN2O3S/c1-14(2)19-9-18(23)10-20(15(3)4)21(19)11-22(26)25-29(27,28)13-17-7-5-16(12-24)6-8-17/h5-10,14-15H,11-13,24H2,1-4H3,(H,25,26). The number of carbonyl (C=O) groups excluding carboxylic acids is 1. The highest BCUT2D eigenvalue weighted by Gasteiger charge is 2.21. The molecule has 158 valence electrons. The van der Waals surface area contributed by atoms with E-state index in [4.69, 9.17) is 5.73 Å². The molecule has 2 rings (SSSR count). The Morgan fingerprint density at radius 2 is 1.48 bits per heavy atom. The largest absolute Gasteiger partial charge is 0.326 e. The Bertz CT molecular complexity index is 939. The summed E-state index contributed by atoms with van der Waals surface area (Å²) in [5, 5.41) is 0. The lowest BCUT2D eigenvalue weighted by Crippen LogP contribution is -2.33. The molecule has 1 amide bonds. The number of hydrogen-bond donors (Lipinski definition) is 2. The third-order valence-electron chi connectivity index (χ3n) is 4.75. The van der Waals surface area contributed by atoms with Crippen molar-refractivity contribution in [2.75, 3.05) is 0 Å². The molecule has 5 nitrogen and oxygen atoms in total. The van der Waals surface area contributed by atoms with Crippen LogP contribution in [-0.4, -0.2) is 14.3 Å². The van der Waals surface area contributed by atoms with Crippen LogP contribution in [0.3, 0.4) is 0 Å². The van der Waals surface area contributed by atoms with Crippen molar-refractivity contribution in [3.8, 4) is 0 Å². The average molecular weight is 421 g/mol. The first-order valence-electron chi connectivity index (χ1n) is 9.65. The molecule has 0 unspecified atom stereocenters. The number of nitrogens with two attached hydrogens (primary N) is 1. The van der Waals surface area contributed by atoms with Crippen molar-refractivity contribution in [3.63, 3.8) is 0 Å². The van der Waals surface area contributed by atoms with Crippen LogP contribution in [-0.2, 0) is 33.5 Å². The zero-order chi connectivity index (χ0) is 21.8. The molecule has 0 aliphatic rings. The minimum Gasteiger partial charge on any atom is -0.326 e. The first kappa shape index (κ1) is 23.0. The second kappa shape index (κ2) is 9.50. The summed E-state index contributed by atoms with van der Waals surface area (Å²) in [4.78, 5) is 12.6. The summed E-state index contributed by atoms with van der Waals surface area (Å²) in [7, 11) is -3.85. The number of halogens is 1. The normalized spacial score (nSPS) is 11.9. The number of hydrogen-bond acceptors (Lipinski definition) is 4. The number of amides is 1. The molecule has 3 N–H and O–H groups in total. The molecule has 2 aromatic carbocycles. The van der Waals surface area contributed by atoms with Crippen molar-refractivity contribution >= 4 is 15.9 Å². The van der Waals surface area contributed by atoms with Gasteiger partial charge in [0.1, 0.15) is 5.82 Å². The van der Waals surface area contributed by atoms with Gasteiger partial charge in [0.15, 0.2) is 0 Å². The molecule has 0 heterocycles. The van der Waals surface area contributed by atoms with Gasteiger partial charge in [-0.05, 0) is 51.8 Å². The van der Waals surface area contributed by atoms with Crippen LogP contribution in [0.15, 0.2) is 36.4 Å². The summed E-state index contributed by atoms with van der Waals surface area (Å²) >= 11 is 0. The van der Waals surface area contributed by atoms with Gasteiger partial charge in [0, 0.05) is 6.54 Å². The van der Waals surface area contributed by atoms with Crippen molar-refractivity contribution in [2.24, 2.45) is 5.73 Å². The number of rotatable bonds is 8. The monoisotopic (exact) mass is 420 g/mol. The minimum absolute atomic E-state index is 0.00340. The second-order valence-corrected chi connectivity index (χ2v) is 9.58. The van der Waals surface area contributed by atoms with E-state index in [0.717, 1.165) is 16.7 Å². The highest BCUT2D eigenvalue weighted by molar-refractivity contribution is 7.89. The lowest BCUT2D eigenvalue weighted by atomic mass is 9.87. The van der Waals surface area contributed by atoms with Gasteiger partial charge < -0.3 is 5.73 Å². The Morgan fingerprint density at radius 3 is 1.93 bits per heavy atom. The number of benzene rings is 2. The molecule has 7 heteroatoms. The zero-order valence-corrected chi connectivity index (χ0v) is 18.1. The molecular formula is C22H29FN2O3S. The molecule has 2 aromatic rings. The predicted molar refractivity (Wildman–Crippen MR) is 113 cm³/mol. The van der Waals surface area contributed by atoms with Crippen LogP contribution in [0.5, 0.6) is 0 Å². The van der Waals surface area contributed by atoms with Gasteiger partial charge in [0.2, 0.25) is 15.9 Å². The van der Waals surface area contributed by atoms with Gasteiger partial charge in [-0.1, -0.05) is 52.0 Å². The van der Waals surface area contributed by atoms with Gasteiger partial charge in [0.05, 0.1) is 12.2 Å². The second-order valence-electron chi connectivity index (χ2n) is 7.85. The van der Waals surface area contributed by atoms with Crippen LogP contribution in [0.4, 0.5) is 4.39 Å². The fourth-order valence-electron chi connectivity index (χ4n) is 3.31. The lowest BCUT2D eigenvalue weighted by Gasteiger charge is -2.20. The topological polar surface area (TPSA) is 89.3 Å². The summed E-state index contributed by atoms with van der Waals surface area (Å²) < 4.78 is 41.0. The van der Waals surface area contributed by atoms with Gasteiger partial charge in [-0.25, -0.2) is 12.8 Å². The molecule has 0 fully saturated rings. The SMILES string of the molecule is CC(C)c1cc(F)cc(C(C)C)c1CC(=O)NS(=O)(=O)Cc1ccc(CN)cc1. The Kier molecular flexibility index (Phi) is 7.54. The lowest BCUT2D eigenvalue weighted by molar-refractivity contribution is -0.118. The van der Waals surface area contributed by atoms with Gasteiger partial charge in [-0.2, -0.15) is 0 Å². The average Bonchev–Trinajstić information content (AvgIpc) is 2.62. The third-order valence-corrected chi connectivity index (χ3v) is 6.00. The van der Waals surface area contributed by atoms with Crippen LogP contribution in [0.25, 0.3) is 0 Å². The van der Waals surface area contributed by atoms with E-state index in [-0.39, 0.29) is 29.8 Å². The van der Waals surface area contributed by atoms with Crippen molar-refractivity contribution < 1.29 is 17.6 Å². The summed E-state index contributed by atoms with van der Waals surface area (Å²) in [6, 6.07) is 9.72. The number of nitrogens with one attached hydrogen (secondary N) is 1. The predicted octanol–water partition coefficient (Wildman–Crippen LogP) is 3.72. The fourth-order valence-corrected chi connectivity index (χ4v) is 4.43. The van der Waals surface area contributed by atoms with E-state index < -0.39 is 15.9 Å². The van der Waals surface area contributed by atoms with Crippen molar-refractivity contribution in [2.45, 2.75) is 58.2 Å². The first-order valence-corrected chi connectivity index (χ1v) is 11.3. The summed E-state index contributed by atoms with van der Waals surface area (Å²) in [5.41, 5.74) is 9.14. The Labute approximate surface area is 172 Å². The van der Waals surface area contributed by atoms with E-state index >= 15 is 0 Å². The van der Waals surface area contributed by atoms with Crippen LogP contribution in [0, 0.1) is 5.82 Å². The molecule has 0 aliphatic heterocycles. The molecule has 0 radical (unpaired) electrons. The molecule has 0 saturated heterocycles. The highest BCUT2D eigenvalue weighted by atomic mass is 32.2. The smallest absolute Gasteiger partial charge is 0.239 e. The zero-order valence-electron chi connectivity index (χ0n) is 17.3. The molecule has 0 aromatic heterocycles. The highest BCUT2D eigenvalue weighted by Crippen LogP contribution is 2.29. The summed E-state index contributed by atoms with van der Waals surface area (Å²) in [6.07, 6.45) is -0.118. The molecular weight excluding hydrogens is 391 g/mol. The van der Waals surface area contributed by atoms with Gasteiger partial charge in [-0.15, -0.1) is 0 Å². The van der Waals surface area contributed by atoms with E-state index in [1.54, 1.807) is 24.3 Å². The van der Waals surface area contributed by atoms with Gasteiger partial charge >= 0.3 is 0 Å². The van der Waals surface area contributed by atoms with E-state index in [1.807, 2.05) is 27.7 Å². The van der Waals surface area contributed by atoms with Crippen LogP contribution in [0.1, 0.15) is 67.3 Å². The Morgan fingerprint density at radius 1 is 1.00 bits per heavy atom. The van der Waals surface area contributed by atoms with E-state index in [1.165, 1.54) is 12.1 Å². The fraction of sp³-hybridized carbons (Fsp3) is 0.409. The van der Waals surface area contributed by atoms with Crippen LogP contribution < -0.4 is 10.5 Å². The Hall–Kier alpha value is -2.25. The minimum atomic E-state index is -3.85. The van der Waals surface area contributed by atoms with Crippen molar-refractivity contribution in [1.29, 1.82) is 0 Å². The maximum atomic E-state index is 14.0. The van der Waals surface area contributed by atoms with Gasteiger partial charge in [0.25, 0.3) is 0 Å². The molecule has 0 bridgehead atoms. The molecule has 0 spiro atoms. The van der Waals surface area contributed by atoms with E-state index in [0.29, 0.717) is 17.7 Å². The first-order chi connectivity index (χ1) is 13.5. The van der Waals surface area contributed by atoms with E-state index in [9.17, 15) is 17.6 Å². The van der Waals surface area contributed by atoms with Crippen molar-refractivity contribution in [3.05, 3.63) is 70.0 Å². The molecule has 0 atom stereocenters. The number of sulfonamides is 1. The van der Waals surface area contributed by atoms with E-state index in [2.05, 4.69) is 4.72 Å². The molecule has 0 saturated carbocycles. The third kappa shape index (κ3) is 6.37. The quantitative estimate of drug-likeness (QED) is 0.681. The summed E-state index contributed by atoms with van der Waals surface area (Å²) in [5.74, 6) is -1.28. The number of carbonyl (C=O) groups is 1. The summed E-state index contributed by atoms with van der Waals surface area (Å²) in [6.45, 7) is 8.05. The maximum absolute atomic E-state index is 14.0. The molecule has 29 heavy (non-hydrogen) atoms. The maximum Gasteiger partial charge on any atom is 0.239 e. The van der Waals surface area contributed by atoms with Crippen molar-refractivity contribution in [1.82, 2.24) is 4.72 Å². The Balaban J connectivity index is 2.21. The van der Waals surface area contributed by atoms with Crippen LogP contribution in [0.2, 0.25) is 0 Å². The molecule has 0 aliphatic carbocycles. The van der Waals surface area contributed by atoms with Gasteiger partial charge in [-0.3, -0.25) is 9.52 Å².